The second-order valence-electron chi connectivity index (χ2n) is 5.83. The molecule has 0 aliphatic carbocycles. The molecule has 4 rings (SSSR count). The molecule has 0 spiro atoms. The Morgan fingerprint density at radius 2 is 2.00 bits per heavy atom. The van der Waals surface area contributed by atoms with Crippen LogP contribution in [0.1, 0.15) is 16.1 Å². The van der Waals surface area contributed by atoms with Crippen LogP contribution in [0.25, 0.3) is 11.3 Å². The molecule has 1 aliphatic rings. The summed E-state index contributed by atoms with van der Waals surface area (Å²) in [6.45, 7) is 1.67. The fourth-order valence-corrected chi connectivity index (χ4v) is 2.79. The standard InChI is InChI=1S/C19H15N3O4/c1-11-17(18(22-26-11)12-5-3-2-4-6-12)19(24)20-13-7-8-15-14(9-13)21-16(23)10-25-15/h2-9H,10H2,1H3,(H,20,24)(H,21,23). The normalized spacial score (nSPS) is 12.7. The molecule has 0 saturated heterocycles. The smallest absolute Gasteiger partial charge is 0.262 e. The van der Waals surface area contributed by atoms with Gasteiger partial charge in [-0.25, -0.2) is 0 Å². The van der Waals surface area contributed by atoms with Crippen LogP contribution in [-0.2, 0) is 4.79 Å². The quantitative estimate of drug-likeness (QED) is 0.757. The number of anilines is 2. The number of ether oxygens (including phenoxy) is 1. The first kappa shape index (κ1) is 15.9. The van der Waals surface area contributed by atoms with Gasteiger partial charge in [0.15, 0.2) is 6.61 Å². The Morgan fingerprint density at radius 3 is 2.81 bits per heavy atom. The number of benzene rings is 2. The van der Waals surface area contributed by atoms with Gasteiger partial charge in [-0.1, -0.05) is 35.5 Å². The summed E-state index contributed by atoms with van der Waals surface area (Å²) < 4.78 is 10.5. The van der Waals surface area contributed by atoms with Crippen LogP contribution < -0.4 is 15.4 Å². The number of fused-ring (bicyclic) bond motifs is 1. The summed E-state index contributed by atoms with van der Waals surface area (Å²) in [5.74, 6) is 0.414. The second-order valence-corrected chi connectivity index (χ2v) is 5.83. The monoisotopic (exact) mass is 349 g/mol. The van der Waals surface area contributed by atoms with Crippen LogP contribution in [0, 0.1) is 6.92 Å². The molecule has 0 radical (unpaired) electrons. The molecule has 7 heteroatoms. The highest BCUT2D eigenvalue weighted by molar-refractivity contribution is 6.09. The van der Waals surface area contributed by atoms with E-state index in [9.17, 15) is 9.59 Å². The van der Waals surface area contributed by atoms with Crippen molar-refractivity contribution in [1.29, 1.82) is 0 Å². The Kier molecular flexibility index (Phi) is 3.89. The lowest BCUT2D eigenvalue weighted by atomic mass is 10.1. The minimum absolute atomic E-state index is 0.0149. The molecule has 0 fully saturated rings. The minimum atomic E-state index is -0.342. The van der Waals surface area contributed by atoms with Crippen molar-refractivity contribution in [3.63, 3.8) is 0 Å². The molecule has 3 aromatic rings. The number of carbonyl (C=O) groups excluding carboxylic acids is 2. The Hall–Kier alpha value is -3.61. The number of amides is 2. The van der Waals surface area contributed by atoms with Gasteiger partial charge < -0.3 is 19.9 Å². The molecule has 0 atom stereocenters. The van der Waals surface area contributed by atoms with Gasteiger partial charge in [0.25, 0.3) is 11.8 Å². The van der Waals surface area contributed by atoms with Crippen molar-refractivity contribution in [1.82, 2.24) is 5.16 Å². The van der Waals surface area contributed by atoms with E-state index in [-0.39, 0.29) is 18.4 Å². The van der Waals surface area contributed by atoms with Crippen molar-refractivity contribution in [2.75, 3.05) is 17.2 Å². The third-order valence-electron chi connectivity index (χ3n) is 4.01. The average molecular weight is 349 g/mol. The molecule has 2 amide bonds. The fourth-order valence-electron chi connectivity index (χ4n) is 2.79. The number of rotatable bonds is 3. The Morgan fingerprint density at radius 1 is 1.19 bits per heavy atom. The van der Waals surface area contributed by atoms with Crippen LogP contribution in [0.5, 0.6) is 5.75 Å². The topological polar surface area (TPSA) is 93.5 Å². The molecule has 0 bridgehead atoms. The summed E-state index contributed by atoms with van der Waals surface area (Å²) in [6, 6.07) is 14.4. The molecule has 130 valence electrons. The van der Waals surface area contributed by atoms with E-state index >= 15 is 0 Å². The van der Waals surface area contributed by atoms with Crippen LogP contribution >= 0.6 is 0 Å². The lowest BCUT2D eigenvalue weighted by molar-refractivity contribution is -0.118. The minimum Gasteiger partial charge on any atom is -0.482 e. The molecule has 26 heavy (non-hydrogen) atoms. The number of hydrogen-bond donors (Lipinski definition) is 2. The molecule has 0 unspecified atom stereocenters. The SMILES string of the molecule is Cc1onc(-c2ccccc2)c1C(=O)Nc1ccc2c(c1)NC(=O)CO2. The van der Waals surface area contributed by atoms with E-state index in [0.29, 0.717) is 34.1 Å². The molecule has 0 saturated carbocycles. The van der Waals surface area contributed by atoms with Crippen LogP contribution in [0.2, 0.25) is 0 Å². The highest BCUT2D eigenvalue weighted by Gasteiger charge is 2.22. The zero-order valence-electron chi connectivity index (χ0n) is 13.9. The van der Waals surface area contributed by atoms with Gasteiger partial charge in [0.05, 0.1) is 5.69 Å². The van der Waals surface area contributed by atoms with Crippen LogP contribution in [0.4, 0.5) is 11.4 Å². The van der Waals surface area contributed by atoms with Gasteiger partial charge in [0.1, 0.15) is 22.8 Å². The molecular weight excluding hydrogens is 334 g/mol. The van der Waals surface area contributed by atoms with Crippen molar-refractivity contribution >= 4 is 23.2 Å². The molecule has 1 aromatic heterocycles. The van der Waals surface area contributed by atoms with E-state index in [4.69, 9.17) is 9.26 Å². The fraction of sp³-hybridized carbons (Fsp3) is 0.105. The van der Waals surface area contributed by atoms with E-state index in [2.05, 4.69) is 15.8 Å². The van der Waals surface area contributed by atoms with E-state index in [1.54, 1.807) is 25.1 Å². The van der Waals surface area contributed by atoms with Gasteiger partial charge in [0, 0.05) is 11.3 Å². The van der Waals surface area contributed by atoms with Crippen LogP contribution in [0.3, 0.4) is 0 Å². The third kappa shape index (κ3) is 2.90. The maximum atomic E-state index is 12.8. The van der Waals surface area contributed by atoms with E-state index in [0.717, 1.165) is 5.56 Å². The molecule has 2 aromatic carbocycles. The molecule has 2 N–H and O–H groups in total. The lowest BCUT2D eigenvalue weighted by Crippen LogP contribution is -2.25. The predicted molar refractivity (Wildman–Crippen MR) is 95.2 cm³/mol. The first-order valence-electron chi connectivity index (χ1n) is 8.01. The summed E-state index contributed by atoms with van der Waals surface area (Å²) in [5, 5.41) is 9.54. The highest BCUT2D eigenvalue weighted by Crippen LogP contribution is 2.31. The molecule has 2 heterocycles. The Balaban J connectivity index is 1.63. The number of aryl methyl sites for hydroxylation is 1. The number of aromatic nitrogens is 1. The van der Waals surface area contributed by atoms with Crippen molar-refractivity contribution in [2.24, 2.45) is 0 Å². The number of nitrogens with zero attached hydrogens (tertiary/aromatic N) is 1. The third-order valence-corrected chi connectivity index (χ3v) is 4.01. The van der Waals surface area contributed by atoms with Crippen molar-refractivity contribution in [3.05, 3.63) is 59.9 Å². The summed E-state index contributed by atoms with van der Waals surface area (Å²) >= 11 is 0. The second kappa shape index (κ2) is 6.36. The molecule has 1 aliphatic heterocycles. The summed E-state index contributed by atoms with van der Waals surface area (Å²) in [6.07, 6.45) is 0. The largest absolute Gasteiger partial charge is 0.482 e. The van der Waals surface area contributed by atoms with Gasteiger partial charge in [-0.05, 0) is 25.1 Å². The van der Waals surface area contributed by atoms with Gasteiger partial charge in [-0.15, -0.1) is 0 Å². The summed E-state index contributed by atoms with van der Waals surface area (Å²) in [7, 11) is 0. The van der Waals surface area contributed by atoms with Gasteiger partial charge in [-0.2, -0.15) is 0 Å². The number of nitrogens with one attached hydrogen (secondary N) is 2. The zero-order chi connectivity index (χ0) is 18.1. The van der Waals surface area contributed by atoms with Gasteiger partial charge in [-0.3, -0.25) is 9.59 Å². The molecular formula is C19H15N3O4. The van der Waals surface area contributed by atoms with Gasteiger partial charge in [0.2, 0.25) is 0 Å². The Bertz CT molecular complexity index is 995. The Labute approximate surface area is 149 Å². The zero-order valence-corrected chi connectivity index (χ0v) is 13.9. The summed E-state index contributed by atoms with van der Waals surface area (Å²) in [4.78, 5) is 24.2. The van der Waals surface area contributed by atoms with Crippen molar-refractivity contribution in [3.8, 4) is 17.0 Å². The van der Waals surface area contributed by atoms with Gasteiger partial charge >= 0.3 is 0 Å². The van der Waals surface area contributed by atoms with Crippen molar-refractivity contribution < 1.29 is 18.8 Å². The number of carbonyl (C=O) groups is 2. The maximum absolute atomic E-state index is 12.8. The maximum Gasteiger partial charge on any atom is 0.262 e. The van der Waals surface area contributed by atoms with E-state index in [1.165, 1.54) is 0 Å². The van der Waals surface area contributed by atoms with Crippen LogP contribution in [-0.4, -0.2) is 23.6 Å². The lowest BCUT2D eigenvalue weighted by Gasteiger charge is -2.18. The number of hydrogen-bond acceptors (Lipinski definition) is 5. The first-order valence-corrected chi connectivity index (χ1v) is 8.01. The summed E-state index contributed by atoms with van der Waals surface area (Å²) in [5.41, 5.74) is 2.69. The first-order chi connectivity index (χ1) is 12.6. The van der Waals surface area contributed by atoms with E-state index in [1.807, 2.05) is 30.3 Å². The van der Waals surface area contributed by atoms with E-state index < -0.39 is 0 Å². The van der Waals surface area contributed by atoms with Crippen LogP contribution in [0.15, 0.2) is 53.1 Å². The molecule has 7 nitrogen and oxygen atoms in total. The average Bonchev–Trinajstić information content (AvgIpc) is 3.04. The highest BCUT2D eigenvalue weighted by atomic mass is 16.5. The predicted octanol–water partition coefficient (Wildman–Crippen LogP) is 3.23. The van der Waals surface area contributed by atoms with Crippen molar-refractivity contribution in [2.45, 2.75) is 6.92 Å².